The van der Waals surface area contributed by atoms with Crippen LogP contribution < -0.4 is 0 Å². The first-order chi connectivity index (χ1) is 6.60. The number of halogens is 2. The molecule has 0 aliphatic heterocycles. The molecule has 3 nitrogen and oxygen atoms in total. The summed E-state index contributed by atoms with van der Waals surface area (Å²) in [5.74, 6) is -1.16. The highest BCUT2D eigenvalue weighted by molar-refractivity contribution is 6.31. The Morgan fingerprint density at radius 3 is 2.64 bits per heavy atom. The van der Waals surface area contributed by atoms with Gasteiger partial charge in [0.25, 0.3) is 0 Å². The fourth-order valence-electron chi connectivity index (χ4n) is 1.11. The Morgan fingerprint density at radius 2 is 2.21 bits per heavy atom. The molecule has 1 aromatic carbocycles. The van der Waals surface area contributed by atoms with Crippen molar-refractivity contribution in [1.29, 1.82) is 5.26 Å². The Morgan fingerprint density at radius 1 is 1.57 bits per heavy atom. The Balaban J connectivity index is 3.50. The molecular formula is C9H5Cl2NO2. The largest absolute Gasteiger partial charge is 0.478 e. The van der Waals surface area contributed by atoms with E-state index in [9.17, 15) is 4.79 Å². The molecule has 0 heterocycles. The van der Waals surface area contributed by atoms with Gasteiger partial charge in [-0.15, -0.1) is 11.6 Å². The van der Waals surface area contributed by atoms with Crippen LogP contribution in [0.4, 0.5) is 0 Å². The normalized spacial score (nSPS) is 9.50. The standard InChI is InChI=1S/C9H5Cl2NO2/c10-3-5-1-7(11)2-6(4-12)8(5)9(13)14/h1-2H,3H2,(H,13,14). The first kappa shape index (κ1) is 10.8. The minimum Gasteiger partial charge on any atom is -0.478 e. The van der Waals surface area contributed by atoms with E-state index in [0.717, 1.165) is 0 Å². The molecule has 0 amide bonds. The molecule has 72 valence electrons. The average molecular weight is 230 g/mol. The summed E-state index contributed by atoms with van der Waals surface area (Å²) in [6, 6.07) is 4.52. The first-order valence-electron chi connectivity index (χ1n) is 3.62. The third kappa shape index (κ3) is 1.98. The molecule has 1 aromatic rings. The van der Waals surface area contributed by atoms with Gasteiger partial charge in [-0.25, -0.2) is 4.79 Å². The molecule has 0 unspecified atom stereocenters. The summed E-state index contributed by atoms with van der Waals surface area (Å²) in [5, 5.41) is 17.9. The number of carbonyl (C=O) groups is 1. The number of rotatable bonds is 2. The van der Waals surface area contributed by atoms with Gasteiger partial charge in [0.15, 0.2) is 0 Å². The number of hydrogen-bond acceptors (Lipinski definition) is 2. The molecule has 0 saturated heterocycles. The zero-order chi connectivity index (χ0) is 10.7. The van der Waals surface area contributed by atoms with E-state index in [1.165, 1.54) is 12.1 Å². The summed E-state index contributed by atoms with van der Waals surface area (Å²) < 4.78 is 0. The number of alkyl halides is 1. The molecule has 1 rings (SSSR count). The van der Waals surface area contributed by atoms with Crippen molar-refractivity contribution < 1.29 is 9.90 Å². The monoisotopic (exact) mass is 229 g/mol. The van der Waals surface area contributed by atoms with Crippen molar-refractivity contribution in [3.8, 4) is 6.07 Å². The number of nitrogens with zero attached hydrogens (tertiary/aromatic N) is 1. The van der Waals surface area contributed by atoms with Crippen LogP contribution in [0.3, 0.4) is 0 Å². The Kier molecular flexibility index (Phi) is 3.34. The lowest BCUT2D eigenvalue weighted by molar-refractivity contribution is 0.0695. The van der Waals surface area contributed by atoms with Crippen molar-refractivity contribution in [2.45, 2.75) is 5.88 Å². The van der Waals surface area contributed by atoms with Crippen LogP contribution in [0.1, 0.15) is 21.5 Å². The molecule has 0 aliphatic rings. The topological polar surface area (TPSA) is 61.1 Å². The maximum Gasteiger partial charge on any atom is 0.337 e. The number of nitriles is 1. The van der Waals surface area contributed by atoms with Gasteiger partial charge >= 0.3 is 5.97 Å². The maximum absolute atomic E-state index is 10.8. The van der Waals surface area contributed by atoms with Gasteiger partial charge in [-0.3, -0.25) is 0 Å². The molecule has 0 radical (unpaired) electrons. The molecule has 0 aromatic heterocycles. The summed E-state index contributed by atoms with van der Waals surface area (Å²) in [6.45, 7) is 0. The smallest absolute Gasteiger partial charge is 0.337 e. The van der Waals surface area contributed by atoms with Crippen LogP contribution in [0.5, 0.6) is 0 Å². The van der Waals surface area contributed by atoms with E-state index in [1.807, 2.05) is 0 Å². The number of carboxylic acids is 1. The van der Waals surface area contributed by atoms with Crippen molar-refractivity contribution in [2.75, 3.05) is 0 Å². The SMILES string of the molecule is N#Cc1cc(Cl)cc(CCl)c1C(=O)O. The number of benzene rings is 1. The third-order valence-corrected chi connectivity index (χ3v) is 2.17. The van der Waals surface area contributed by atoms with Gasteiger partial charge in [0.05, 0.1) is 11.1 Å². The molecular weight excluding hydrogens is 225 g/mol. The Bertz CT molecular complexity index is 424. The molecule has 1 N–H and O–H groups in total. The van der Waals surface area contributed by atoms with Crippen LogP contribution in [0.2, 0.25) is 5.02 Å². The average Bonchev–Trinajstić information content (AvgIpc) is 2.15. The number of hydrogen-bond donors (Lipinski definition) is 1. The molecule has 0 bridgehead atoms. The van der Waals surface area contributed by atoms with Crippen LogP contribution in [-0.2, 0) is 5.88 Å². The third-order valence-electron chi connectivity index (χ3n) is 1.66. The highest BCUT2D eigenvalue weighted by atomic mass is 35.5. The van der Waals surface area contributed by atoms with E-state index in [-0.39, 0.29) is 17.0 Å². The van der Waals surface area contributed by atoms with E-state index in [2.05, 4.69) is 0 Å². The molecule has 5 heteroatoms. The maximum atomic E-state index is 10.8. The molecule has 0 fully saturated rings. The predicted octanol–water partition coefficient (Wildman–Crippen LogP) is 2.65. The van der Waals surface area contributed by atoms with Gasteiger partial charge < -0.3 is 5.11 Å². The predicted molar refractivity (Wildman–Crippen MR) is 52.7 cm³/mol. The van der Waals surface area contributed by atoms with E-state index in [0.29, 0.717) is 10.6 Å². The summed E-state index contributed by atoms with van der Waals surface area (Å²) in [6.07, 6.45) is 0. The van der Waals surface area contributed by atoms with E-state index in [4.69, 9.17) is 33.6 Å². The second-order valence-electron chi connectivity index (χ2n) is 2.54. The summed E-state index contributed by atoms with van der Waals surface area (Å²) >= 11 is 11.2. The zero-order valence-corrected chi connectivity index (χ0v) is 8.43. The fourth-order valence-corrected chi connectivity index (χ4v) is 1.56. The van der Waals surface area contributed by atoms with Crippen LogP contribution in [0.15, 0.2) is 12.1 Å². The Hall–Kier alpha value is -1.24. The molecule has 0 atom stereocenters. The lowest BCUT2D eigenvalue weighted by atomic mass is 10.0. The van der Waals surface area contributed by atoms with Gasteiger partial charge in [0.1, 0.15) is 6.07 Å². The highest BCUT2D eigenvalue weighted by Crippen LogP contribution is 2.22. The van der Waals surface area contributed by atoms with Crippen molar-refractivity contribution in [2.24, 2.45) is 0 Å². The van der Waals surface area contributed by atoms with Crippen LogP contribution in [-0.4, -0.2) is 11.1 Å². The second kappa shape index (κ2) is 4.32. The summed E-state index contributed by atoms with van der Waals surface area (Å²) in [7, 11) is 0. The molecule has 0 aliphatic carbocycles. The van der Waals surface area contributed by atoms with Crippen LogP contribution >= 0.6 is 23.2 Å². The first-order valence-corrected chi connectivity index (χ1v) is 4.53. The van der Waals surface area contributed by atoms with Gasteiger partial charge in [-0.1, -0.05) is 11.6 Å². The van der Waals surface area contributed by atoms with Crippen LogP contribution in [0.25, 0.3) is 0 Å². The van der Waals surface area contributed by atoms with Crippen molar-refractivity contribution in [3.63, 3.8) is 0 Å². The summed E-state index contributed by atoms with van der Waals surface area (Å²) in [5.41, 5.74) is 0.302. The lowest BCUT2D eigenvalue weighted by Crippen LogP contribution is -2.04. The Labute approximate surface area is 90.5 Å². The minimum atomic E-state index is -1.17. The van der Waals surface area contributed by atoms with Crippen molar-refractivity contribution >= 4 is 29.2 Å². The van der Waals surface area contributed by atoms with Gasteiger partial charge in [0.2, 0.25) is 0 Å². The highest BCUT2D eigenvalue weighted by Gasteiger charge is 2.15. The second-order valence-corrected chi connectivity index (χ2v) is 3.24. The van der Waals surface area contributed by atoms with Crippen molar-refractivity contribution in [3.05, 3.63) is 33.8 Å². The van der Waals surface area contributed by atoms with E-state index in [1.54, 1.807) is 6.07 Å². The van der Waals surface area contributed by atoms with Gasteiger partial charge in [0, 0.05) is 10.9 Å². The van der Waals surface area contributed by atoms with Crippen molar-refractivity contribution in [1.82, 2.24) is 0 Å². The summed E-state index contributed by atoms with van der Waals surface area (Å²) in [4.78, 5) is 10.8. The number of aromatic carboxylic acids is 1. The van der Waals surface area contributed by atoms with Gasteiger partial charge in [-0.2, -0.15) is 5.26 Å². The van der Waals surface area contributed by atoms with Gasteiger partial charge in [-0.05, 0) is 17.7 Å². The van der Waals surface area contributed by atoms with E-state index < -0.39 is 5.97 Å². The van der Waals surface area contributed by atoms with Crippen LogP contribution in [0, 0.1) is 11.3 Å². The molecule has 0 spiro atoms. The fraction of sp³-hybridized carbons (Fsp3) is 0.111. The minimum absolute atomic E-state index is 0.0108. The zero-order valence-electron chi connectivity index (χ0n) is 6.92. The van der Waals surface area contributed by atoms with E-state index >= 15 is 0 Å². The lowest BCUT2D eigenvalue weighted by Gasteiger charge is -2.04. The molecule has 14 heavy (non-hydrogen) atoms. The number of carboxylic acid groups (broad SMARTS) is 1. The quantitative estimate of drug-likeness (QED) is 0.794. The molecule has 0 saturated carbocycles.